The molecule has 0 radical (unpaired) electrons. The van der Waals surface area contributed by atoms with Gasteiger partial charge in [-0.1, -0.05) is 70.3 Å². The van der Waals surface area contributed by atoms with Gasteiger partial charge in [0.25, 0.3) is 0 Å². The first kappa shape index (κ1) is 23.8. The van der Waals surface area contributed by atoms with Gasteiger partial charge in [-0.05, 0) is 106 Å². The monoisotopic (exact) mass is 442 g/mol. The first-order chi connectivity index (χ1) is 14.6. The topological polar surface area (TPSA) is 9.23 Å². The Morgan fingerprint density at radius 2 is 1.74 bits per heavy atom. The molecule has 2 heteroatoms. The standard InChI is InChI=1S/C29H50OSi/c1-20(2)9-8-10-21(3)27-15-16-28-26-13-11-22-19-23(30-31(5,6)7)12-14-24(22)25(26)17-18-29(27,28)4/h11,13,20-21,23-25,27-28H,8-10,12,14-19H2,1-7H3/t21-,23+,24?,25?,27-,28?,29-/m1/s1. The number of hydrogen-bond donors (Lipinski definition) is 0. The van der Waals surface area contributed by atoms with E-state index in [9.17, 15) is 0 Å². The Balaban J connectivity index is 1.46. The molecule has 7 atom stereocenters. The van der Waals surface area contributed by atoms with Crippen LogP contribution in [0.2, 0.25) is 19.6 Å². The van der Waals surface area contributed by atoms with Crippen LogP contribution in [0.3, 0.4) is 0 Å². The van der Waals surface area contributed by atoms with Gasteiger partial charge < -0.3 is 4.43 Å². The number of rotatable bonds is 7. The smallest absolute Gasteiger partial charge is 0.184 e. The maximum Gasteiger partial charge on any atom is 0.184 e. The van der Waals surface area contributed by atoms with E-state index in [-0.39, 0.29) is 0 Å². The Kier molecular flexibility index (Phi) is 7.01. The van der Waals surface area contributed by atoms with Crippen LogP contribution in [0, 0.1) is 40.9 Å². The third-order valence-corrected chi connectivity index (χ3v) is 10.6. The largest absolute Gasteiger partial charge is 0.414 e. The van der Waals surface area contributed by atoms with Gasteiger partial charge in [-0.2, -0.15) is 0 Å². The van der Waals surface area contributed by atoms with Crippen LogP contribution < -0.4 is 0 Å². The summed E-state index contributed by atoms with van der Waals surface area (Å²) in [6.07, 6.45) is 19.6. The lowest BCUT2D eigenvalue weighted by molar-refractivity contribution is 0.0608. The minimum Gasteiger partial charge on any atom is -0.414 e. The van der Waals surface area contributed by atoms with E-state index >= 15 is 0 Å². The van der Waals surface area contributed by atoms with Gasteiger partial charge in [0.15, 0.2) is 8.32 Å². The normalized spacial score (nSPS) is 38.8. The number of fused-ring (bicyclic) bond motifs is 5. The van der Waals surface area contributed by atoms with E-state index in [1.807, 2.05) is 5.57 Å². The van der Waals surface area contributed by atoms with Crippen LogP contribution in [-0.2, 0) is 4.43 Å². The zero-order valence-electron chi connectivity index (χ0n) is 21.7. The molecular weight excluding hydrogens is 392 g/mol. The van der Waals surface area contributed by atoms with Crippen molar-refractivity contribution in [3.63, 3.8) is 0 Å². The summed E-state index contributed by atoms with van der Waals surface area (Å²) in [5.74, 6) is 5.23. The fraction of sp³-hybridized carbons (Fsp3) is 0.862. The predicted molar refractivity (Wildman–Crippen MR) is 137 cm³/mol. The maximum atomic E-state index is 6.51. The molecule has 4 aliphatic rings. The van der Waals surface area contributed by atoms with E-state index in [0.29, 0.717) is 11.5 Å². The van der Waals surface area contributed by atoms with Gasteiger partial charge in [0.05, 0.1) is 0 Å². The Morgan fingerprint density at radius 1 is 0.968 bits per heavy atom. The summed E-state index contributed by atoms with van der Waals surface area (Å²) in [6, 6.07) is 0. The third kappa shape index (κ3) is 4.96. The minimum absolute atomic E-state index is 0.487. The van der Waals surface area contributed by atoms with Gasteiger partial charge in [-0.25, -0.2) is 0 Å². The Hall–Kier alpha value is -0.343. The molecule has 0 heterocycles. The average Bonchev–Trinajstić information content (AvgIpc) is 3.03. The van der Waals surface area contributed by atoms with Crippen LogP contribution in [0.15, 0.2) is 23.3 Å². The second-order valence-corrected chi connectivity index (χ2v) is 17.8. The summed E-state index contributed by atoms with van der Waals surface area (Å²) in [6.45, 7) is 17.0. The van der Waals surface area contributed by atoms with E-state index in [4.69, 9.17) is 4.43 Å². The molecule has 0 amide bonds. The van der Waals surface area contributed by atoms with Gasteiger partial charge in [-0.3, -0.25) is 0 Å². The highest BCUT2D eigenvalue weighted by Gasteiger charge is 2.54. The van der Waals surface area contributed by atoms with Crippen molar-refractivity contribution in [2.75, 3.05) is 0 Å². The van der Waals surface area contributed by atoms with Crippen molar-refractivity contribution in [3.05, 3.63) is 23.3 Å². The van der Waals surface area contributed by atoms with Gasteiger partial charge in [-0.15, -0.1) is 0 Å². The van der Waals surface area contributed by atoms with E-state index < -0.39 is 8.32 Å². The Labute approximate surface area is 194 Å². The fourth-order valence-electron chi connectivity index (χ4n) is 8.24. The number of hydrogen-bond acceptors (Lipinski definition) is 1. The van der Waals surface area contributed by atoms with Crippen molar-refractivity contribution in [1.29, 1.82) is 0 Å². The van der Waals surface area contributed by atoms with Crippen LogP contribution in [-0.4, -0.2) is 14.4 Å². The van der Waals surface area contributed by atoms with Crippen molar-refractivity contribution >= 4 is 8.32 Å². The summed E-state index contributed by atoms with van der Waals surface area (Å²) < 4.78 is 6.51. The van der Waals surface area contributed by atoms with Crippen molar-refractivity contribution in [2.24, 2.45) is 40.9 Å². The first-order valence-electron chi connectivity index (χ1n) is 13.7. The second-order valence-electron chi connectivity index (χ2n) is 13.3. The minimum atomic E-state index is -1.44. The Morgan fingerprint density at radius 3 is 2.45 bits per heavy atom. The molecule has 3 fully saturated rings. The summed E-state index contributed by atoms with van der Waals surface area (Å²) in [5, 5.41) is 0. The highest BCUT2D eigenvalue weighted by molar-refractivity contribution is 6.69. The molecule has 4 aliphatic carbocycles. The maximum absolute atomic E-state index is 6.51. The van der Waals surface area contributed by atoms with Gasteiger partial charge in [0.1, 0.15) is 0 Å². The molecule has 4 rings (SSSR count). The van der Waals surface area contributed by atoms with Crippen molar-refractivity contribution < 1.29 is 4.43 Å². The summed E-state index contributed by atoms with van der Waals surface area (Å²) >= 11 is 0. The second kappa shape index (κ2) is 9.13. The summed E-state index contributed by atoms with van der Waals surface area (Å²) in [5.41, 5.74) is 4.15. The van der Waals surface area contributed by atoms with Crippen LogP contribution in [0.25, 0.3) is 0 Å². The van der Waals surface area contributed by atoms with E-state index in [1.165, 1.54) is 64.2 Å². The molecule has 0 N–H and O–H groups in total. The van der Waals surface area contributed by atoms with E-state index in [2.05, 4.69) is 59.5 Å². The molecule has 176 valence electrons. The van der Waals surface area contributed by atoms with Gasteiger partial charge in [0, 0.05) is 6.10 Å². The van der Waals surface area contributed by atoms with Gasteiger partial charge in [0.2, 0.25) is 0 Å². The molecule has 0 aromatic heterocycles. The van der Waals surface area contributed by atoms with Gasteiger partial charge >= 0.3 is 0 Å². The molecule has 0 aromatic rings. The van der Waals surface area contributed by atoms with E-state index in [0.717, 1.165) is 35.5 Å². The lowest BCUT2D eigenvalue weighted by atomic mass is 9.54. The summed E-state index contributed by atoms with van der Waals surface area (Å²) in [4.78, 5) is 0. The third-order valence-electron chi connectivity index (χ3n) is 9.60. The highest BCUT2D eigenvalue weighted by Crippen LogP contribution is 2.63. The molecular formula is C29H50OSi. The van der Waals surface area contributed by atoms with Crippen molar-refractivity contribution in [1.82, 2.24) is 0 Å². The molecule has 0 saturated heterocycles. The van der Waals surface area contributed by atoms with Crippen LogP contribution in [0.5, 0.6) is 0 Å². The first-order valence-corrected chi connectivity index (χ1v) is 17.1. The lowest BCUT2D eigenvalue weighted by Gasteiger charge is -2.51. The molecule has 0 spiro atoms. The van der Waals surface area contributed by atoms with E-state index in [1.54, 1.807) is 5.57 Å². The zero-order chi connectivity index (χ0) is 22.4. The number of allylic oxidation sites excluding steroid dienone is 3. The van der Waals surface area contributed by atoms with Crippen molar-refractivity contribution in [2.45, 2.75) is 118 Å². The lowest BCUT2D eigenvalue weighted by Crippen LogP contribution is -2.43. The molecule has 0 aromatic carbocycles. The summed E-state index contributed by atoms with van der Waals surface area (Å²) in [7, 11) is -1.44. The fourth-order valence-corrected chi connectivity index (χ4v) is 9.44. The Bertz CT molecular complexity index is 698. The zero-order valence-corrected chi connectivity index (χ0v) is 22.7. The highest BCUT2D eigenvalue weighted by atomic mass is 28.4. The van der Waals surface area contributed by atoms with Crippen molar-refractivity contribution in [3.8, 4) is 0 Å². The molecule has 0 aliphatic heterocycles. The molecule has 3 unspecified atom stereocenters. The van der Waals surface area contributed by atoms with Crippen LogP contribution in [0.4, 0.5) is 0 Å². The molecule has 1 nitrogen and oxygen atoms in total. The van der Waals surface area contributed by atoms with Crippen LogP contribution in [0.1, 0.15) is 91.9 Å². The molecule has 3 saturated carbocycles. The molecule has 31 heavy (non-hydrogen) atoms. The average molecular weight is 443 g/mol. The SMILES string of the molecule is CC(C)CCC[C@@H](C)[C@H]1CCC2C3=CC=C4C[C@@H](O[Si](C)(C)C)CCC4C3CC[C@@]21C. The quantitative estimate of drug-likeness (QED) is 0.358. The van der Waals surface area contributed by atoms with Crippen LogP contribution >= 0.6 is 0 Å². The predicted octanol–water partition coefficient (Wildman–Crippen LogP) is 8.78. The molecule has 0 bridgehead atoms.